The van der Waals surface area contributed by atoms with E-state index in [4.69, 9.17) is 0 Å². The Hall–Kier alpha value is -1.37. The van der Waals surface area contributed by atoms with Crippen LogP contribution >= 0.6 is 0 Å². The summed E-state index contributed by atoms with van der Waals surface area (Å²) in [6.45, 7) is 4.14. The van der Waals surface area contributed by atoms with Gasteiger partial charge < -0.3 is 0 Å². The van der Waals surface area contributed by atoms with Crippen molar-refractivity contribution in [3.8, 4) is 0 Å². The number of carbonyl (C=O) groups is 1. The molecule has 1 atom stereocenters. The molecule has 1 aromatic carbocycles. The van der Waals surface area contributed by atoms with Crippen LogP contribution in [-0.2, 0) is 0 Å². The molecule has 0 heterocycles. The first kappa shape index (κ1) is 10.2. The van der Waals surface area contributed by atoms with E-state index in [1.807, 2.05) is 18.2 Å². The Morgan fingerprint density at radius 2 is 2.00 bits per heavy atom. The number of hydrogen-bond acceptors (Lipinski definition) is 1. The summed E-state index contributed by atoms with van der Waals surface area (Å²) in [5, 5.41) is 0. The summed E-state index contributed by atoms with van der Waals surface area (Å²) in [6, 6.07) is 7.95. The summed E-state index contributed by atoms with van der Waals surface area (Å²) in [7, 11) is 0. The van der Waals surface area contributed by atoms with Crippen LogP contribution in [0.1, 0.15) is 42.6 Å². The molecule has 0 bridgehead atoms. The Kier molecular flexibility index (Phi) is 2.72. The minimum absolute atomic E-state index is 0.186. The molecule has 0 saturated carbocycles. The van der Waals surface area contributed by atoms with Crippen LogP contribution in [0.4, 0.5) is 0 Å². The molecular formula is C14H16O. The molecule has 1 aromatic rings. The predicted molar refractivity (Wildman–Crippen MR) is 62.8 cm³/mol. The maximum atomic E-state index is 12.1. The lowest BCUT2D eigenvalue weighted by atomic mass is 9.78. The molecule has 1 aliphatic rings. The molecule has 15 heavy (non-hydrogen) atoms. The van der Waals surface area contributed by atoms with Crippen LogP contribution in [-0.4, -0.2) is 5.78 Å². The van der Waals surface area contributed by atoms with Crippen molar-refractivity contribution in [3.63, 3.8) is 0 Å². The number of benzene rings is 1. The zero-order chi connectivity index (χ0) is 10.8. The molecule has 78 valence electrons. The largest absolute Gasteiger partial charge is 0.294 e. The van der Waals surface area contributed by atoms with Gasteiger partial charge in [-0.25, -0.2) is 0 Å². The summed E-state index contributed by atoms with van der Waals surface area (Å²) in [4.78, 5) is 12.1. The second kappa shape index (κ2) is 4.01. The van der Waals surface area contributed by atoms with Crippen molar-refractivity contribution in [3.05, 3.63) is 41.5 Å². The molecule has 1 aliphatic carbocycles. The predicted octanol–water partition coefficient (Wildman–Crippen LogP) is 3.70. The third-order valence-corrected chi connectivity index (χ3v) is 3.22. The van der Waals surface area contributed by atoms with Crippen molar-refractivity contribution in [2.75, 3.05) is 0 Å². The Morgan fingerprint density at radius 3 is 2.60 bits per heavy atom. The number of allylic oxidation sites excluding steroid dienone is 2. The van der Waals surface area contributed by atoms with Crippen LogP contribution in [0.3, 0.4) is 0 Å². The Balaban J connectivity index is 2.55. The number of rotatable bonds is 1. The van der Waals surface area contributed by atoms with E-state index < -0.39 is 0 Å². The number of Topliss-reactive ketones (excluding diaryl/α,β-unsaturated/α-hetero) is 1. The Labute approximate surface area is 90.8 Å². The van der Waals surface area contributed by atoms with Gasteiger partial charge in [-0.05, 0) is 30.9 Å². The van der Waals surface area contributed by atoms with Crippen molar-refractivity contribution >= 4 is 11.4 Å². The Bertz CT molecular complexity index is 415. The third-order valence-electron chi connectivity index (χ3n) is 3.22. The van der Waals surface area contributed by atoms with E-state index in [-0.39, 0.29) is 5.92 Å². The maximum Gasteiger partial charge on any atom is 0.166 e. The van der Waals surface area contributed by atoms with Gasteiger partial charge in [0.1, 0.15) is 0 Å². The van der Waals surface area contributed by atoms with Crippen molar-refractivity contribution < 1.29 is 4.79 Å². The second-order valence-electron chi connectivity index (χ2n) is 4.03. The van der Waals surface area contributed by atoms with E-state index in [1.165, 1.54) is 5.57 Å². The van der Waals surface area contributed by atoms with Crippen molar-refractivity contribution in [2.45, 2.75) is 26.7 Å². The molecule has 1 nitrogen and oxygen atoms in total. The molecule has 2 rings (SSSR count). The highest BCUT2D eigenvalue weighted by atomic mass is 16.1. The first-order valence-electron chi connectivity index (χ1n) is 5.56. The molecule has 0 N–H and O–H groups in total. The highest BCUT2D eigenvalue weighted by Gasteiger charge is 2.27. The van der Waals surface area contributed by atoms with Crippen LogP contribution in [0.25, 0.3) is 5.57 Å². The van der Waals surface area contributed by atoms with Crippen molar-refractivity contribution in [2.24, 2.45) is 5.92 Å². The van der Waals surface area contributed by atoms with Gasteiger partial charge in [-0.1, -0.05) is 37.3 Å². The Morgan fingerprint density at radius 1 is 1.33 bits per heavy atom. The SMILES string of the molecule is CC=C1CC(CC)C(=O)c2ccccc21. The summed E-state index contributed by atoms with van der Waals surface area (Å²) in [5.74, 6) is 0.504. The maximum absolute atomic E-state index is 12.1. The zero-order valence-electron chi connectivity index (χ0n) is 9.29. The van der Waals surface area contributed by atoms with Crippen molar-refractivity contribution in [1.82, 2.24) is 0 Å². The second-order valence-corrected chi connectivity index (χ2v) is 4.03. The minimum Gasteiger partial charge on any atom is -0.294 e. The van der Waals surface area contributed by atoms with Crippen LogP contribution in [0.5, 0.6) is 0 Å². The van der Waals surface area contributed by atoms with Gasteiger partial charge in [0.2, 0.25) is 0 Å². The summed E-state index contributed by atoms with van der Waals surface area (Å²) >= 11 is 0. The van der Waals surface area contributed by atoms with Crippen LogP contribution in [0.15, 0.2) is 30.3 Å². The van der Waals surface area contributed by atoms with Gasteiger partial charge >= 0.3 is 0 Å². The van der Waals surface area contributed by atoms with Gasteiger partial charge in [-0.2, -0.15) is 0 Å². The molecule has 0 saturated heterocycles. The van der Waals surface area contributed by atoms with Crippen LogP contribution < -0.4 is 0 Å². The topological polar surface area (TPSA) is 17.1 Å². The average Bonchev–Trinajstić information content (AvgIpc) is 2.30. The van der Waals surface area contributed by atoms with Gasteiger partial charge in [0, 0.05) is 11.5 Å². The van der Waals surface area contributed by atoms with E-state index in [2.05, 4.69) is 26.0 Å². The smallest absolute Gasteiger partial charge is 0.166 e. The number of fused-ring (bicyclic) bond motifs is 1. The summed E-state index contributed by atoms with van der Waals surface area (Å²) < 4.78 is 0. The first-order valence-corrected chi connectivity index (χ1v) is 5.56. The fraction of sp³-hybridized carbons (Fsp3) is 0.357. The van der Waals surface area contributed by atoms with E-state index in [1.54, 1.807) is 0 Å². The third kappa shape index (κ3) is 1.63. The van der Waals surface area contributed by atoms with Gasteiger partial charge in [0.05, 0.1) is 0 Å². The van der Waals surface area contributed by atoms with E-state index in [9.17, 15) is 4.79 Å². The van der Waals surface area contributed by atoms with E-state index in [0.29, 0.717) is 5.78 Å². The monoisotopic (exact) mass is 200 g/mol. The molecule has 0 amide bonds. The molecule has 0 spiro atoms. The van der Waals surface area contributed by atoms with E-state index >= 15 is 0 Å². The van der Waals surface area contributed by atoms with Gasteiger partial charge in [-0.15, -0.1) is 0 Å². The minimum atomic E-state index is 0.186. The fourth-order valence-corrected chi connectivity index (χ4v) is 2.27. The highest BCUT2D eigenvalue weighted by Crippen LogP contribution is 2.35. The number of hydrogen-bond donors (Lipinski definition) is 0. The summed E-state index contributed by atoms with van der Waals surface area (Å²) in [5.41, 5.74) is 3.36. The van der Waals surface area contributed by atoms with Crippen LogP contribution in [0.2, 0.25) is 0 Å². The lowest BCUT2D eigenvalue weighted by Gasteiger charge is -2.24. The first-order chi connectivity index (χ1) is 7.27. The lowest BCUT2D eigenvalue weighted by Crippen LogP contribution is -2.21. The standard InChI is InChI=1S/C14H16O/c1-3-10-9-11(4-2)14(15)13-8-6-5-7-12(10)13/h3,5-8,11H,4,9H2,1-2H3. The lowest BCUT2D eigenvalue weighted by molar-refractivity contribution is 0.0914. The summed E-state index contributed by atoms with van der Waals surface area (Å²) in [6.07, 6.45) is 3.97. The molecule has 0 aliphatic heterocycles. The molecule has 0 aromatic heterocycles. The highest BCUT2D eigenvalue weighted by molar-refractivity contribution is 6.05. The quantitative estimate of drug-likeness (QED) is 0.675. The normalized spacial score (nSPS) is 22.9. The molecule has 1 heteroatoms. The van der Waals surface area contributed by atoms with Gasteiger partial charge in [0.15, 0.2) is 5.78 Å². The van der Waals surface area contributed by atoms with Crippen LogP contribution in [0, 0.1) is 5.92 Å². The van der Waals surface area contributed by atoms with Crippen molar-refractivity contribution in [1.29, 1.82) is 0 Å². The fourth-order valence-electron chi connectivity index (χ4n) is 2.27. The number of carbonyl (C=O) groups excluding carboxylic acids is 1. The molecule has 0 radical (unpaired) electrons. The molecule has 1 unspecified atom stereocenters. The molecular weight excluding hydrogens is 184 g/mol. The number of ketones is 1. The average molecular weight is 200 g/mol. The zero-order valence-corrected chi connectivity index (χ0v) is 9.29. The van der Waals surface area contributed by atoms with Gasteiger partial charge in [0.25, 0.3) is 0 Å². The molecule has 0 fully saturated rings. The van der Waals surface area contributed by atoms with Gasteiger partial charge in [-0.3, -0.25) is 4.79 Å². The van der Waals surface area contributed by atoms with E-state index in [0.717, 1.165) is 24.0 Å².